The molecule has 0 radical (unpaired) electrons. The van der Waals surface area contributed by atoms with Crippen molar-refractivity contribution in [2.75, 3.05) is 5.33 Å². The van der Waals surface area contributed by atoms with E-state index in [4.69, 9.17) is 9.47 Å². The SMILES string of the molecule is BCC(=O)N(C(=O)OC(C)(C)C)N(C(=O)CBr)C(=O)OC(C)(C)C. The standard InChI is InChI=1S/C14H24BBrN2O6/c1-13(2,3)23-11(21)17(9(19)7-15)18(10(20)8-16)12(22)24-14(4,5)6/h7-8,15H2,1-6H3. The zero-order valence-corrected chi connectivity index (χ0v) is 16.7. The maximum atomic E-state index is 12.4. The van der Waals surface area contributed by atoms with Crippen molar-refractivity contribution in [3.8, 4) is 0 Å². The van der Waals surface area contributed by atoms with E-state index < -0.39 is 35.2 Å². The second-order valence-corrected chi connectivity index (χ2v) is 7.42. The molecule has 0 unspecified atom stereocenters. The largest absolute Gasteiger partial charge is 0.442 e. The van der Waals surface area contributed by atoms with Crippen LogP contribution in [0.15, 0.2) is 0 Å². The van der Waals surface area contributed by atoms with Crippen LogP contribution >= 0.6 is 15.9 Å². The molecule has 0 saturated carbocycles. The van der Waals surface area contributed by atoms with Crippen LogP contribution in [0.5, 0.6) is 0 Å². The number of hydrazine groups is 1. The first-order chi connectivity index (χ1) is 10.7. The number of carbonyl (C=O) groups excluding carboxylic acids is 4. The van der Waals surface area contributed by atoms with E-state index in [1.54, 1.807) is 41.5 Å². The number of alkyl halides is 1. The van der Waals surface area contributed by atoms with Crippen LogP contribution in [0.3, 0.4) is 0 Å². The van der Waals surface area contributed by atoms with Gasteiger partial charge in [0.15, 0.2) is 0 Å². The molecule has 0 N–H and O–H groups in total. The maximum Gasteiger partial charge on any atom is 0.437 e. The summed E-state index contributed by atoms with van der Waals surface area (Å²) in [6.45, 7) is 9.60. The molecule has 8 nitrogen and oxygen atoms in total. The highest BCUT2D eigenvalue weighted by Crippen LogP contribution is 2.17. The van der Waals surface area contributed by atoms with Crippen LogP contribution in [0.1, 0.15) is 41.5 Å². The molecule has 10 heteroatoms. The Balaban J connectivity index is 5.84. The zero-order chi connectivity index (χ0) is 19.3. The number of rotatable bonds is 2. The summed E-state index contributed by atoms with van der Waals surface area (Å²) >= 11 is 2.92. The second kappa shape index (κ2) is 8.50. The van der Waals surface area contributed by atoms with Crippen molar-refractivity contribution in [1.82, 2.24) is 10.0 Å². The summed E-state index contributed by atoms with van der Waals surface area (Å²) in [6, 6.07) is 0. The van der Waals surface area contributed by atoms with Crippen LogP contribution in [0.25, 0.3) is 0 Å². The van der Waals surface area contributed by atoms with E-state index in [1.165, 1.54) is 7.85 Å². The number of halogens is 1. The monoisotopic (exact) mass is 406 g/mol. The Bertz CT molecular complexity index is 466. The minimum Gasteiger partial charge on any atom is -0.442 e. The lowest BCUT2D eigenvalue weighted by molar-refractivity contribution is -0.156. The smallest absolute Gasteiger partial charge is 0.437 e. The van der Waals surface area contributed by atoms with Gasteiger partial charge in [0.05, 0.1) is 5.33 Å². The molecule has 0 bridgehead atoms. The number of ether oxygens (including phenoxy) is 2. The van der Waals surface area contributed by atoms with Gasteiger partial charge in [0.25, 0.3) is 5.91 Å². The number of carbonyl (C=O) groups is 4. The normalized spacial score (nSPS) is 11.5. The third-order valence-corrected chi connectivity index (χ3v) is 2.70. The minimum atomic E-state index is -1.14. The second-order valence-electron chi connectivity index (χ2n) is 6.86. The van der Waals surface area contributed by atoms with Crippen molar-refractivity contribution < 1.29 is 28.7 Å². The highest BCUT2D eigenvalue weighted by atomic mass is 79.9. The van der Waals surface area contributed by atoms with Crippen LogP contribution in [0.2, 0.25) is 6.32 Å². The molecule has 0 atom stereocenters. The first-order valence-electron chi connectivity index (χ1n) is 7.41. The van der Waals surface area contributed by atoms with Crippen LogP contribution < -0.4 is 0 Å². The molecule has 0 aliphatic rings. The van der Waals surface area contributed by atoms with Crippen LogP contribution in [-0.2, 0) is 19.1 Å². The van der Waals surface area contributed by atoms with Gasteiger partial charge in [-0.15, -0.1) is 10.0 Å². The third kappa shape index (κ3) is 7.33. The van der Waals surface area contributed by atoms with Crippen molar-refractivity contribution in [3.63, 3.8) is 0 Å². The molecule has 0 aromatic carbocycles. The van der Waals surface area contributed by atoms with Gasteiger partial charge >= 0.3 is 12.2 Å². The lowest BCUT2D eigenvalue weighted by Gasteiger charge is -2.33. The molecule has 0 heterocycles. The number of hydrogen-bond donors (Lipinski definition) is 0. The van der Waals surface area contributed by atoms with Crippen molar-refractivity contribution in [2.45, 2.75) is 59.1 Å². The van der Waals surface area contributed by atoms with Gasteiger partial charge in [-0.2, -0.15) is 0 Å². The summed E-state index contributed by atoms with van der Waals surface area (Å²) in [7, 11) is 1.49. The fourth-order valence-electron chi connectivity index (χ4n) is 1.41. The molecule has 0 aromatic heterocycles. The van der Waals surface area contributed by atoms with E-state index in [9.17, 15) is 19.2 Å². The van der Waals surface area contributed by atoms with E-state index in [0.717, 1.165) is 0 Å². The number of nitrogens with zero attached hydrogens (tertiary/aromatic N) is 2. The third-order valence-electron chi connectivity index (χ3n) is 2.22. The molecular weight excluding hydrogens is 383 g/mol. The molecule has 0 saturated heterocycles. The Morgan fingerprint density at radius 3 is 1.42 bits per heavy atom. The number of amides is 4. The summed E-state index contributed by atoms with van der Waals surface area (Å²) in [6.07, 6.45) is -2.39. The quantitative estimate of drug-likeness (QED) is 0.394. The molecule has 0 fully saturated rings. The lowest BCUT2D eigenvalue weighted by atomic mass is 10.1. The van der Waals surface area contributed by atoms with E-state index in [2.05, 4.69) is 15.9 Å². The van der Waals surface area contributed by atoms with Gasteiger partial charge in [0.1, 0.15) is 19.0 Å². The van der Waals surface area contributed by atoms with Crippen LogP contribution in [0.4, 0.5) is 9.59 Å². The van der Waals surface area contributed by atoms with E-state index in [-0.39, 0.29) is 11.7 Å². The summed E-state index contributed by atoms with van der Waals surface area (Å²) in [5, 5.41) is 0.450. The number of imide groups is 2. The maximum absolute atomic E-state index is 12.4. The number of hydrogen-bond acceptors (Lipinski definition) is 6. The first-order valence-corrected chi connectivity index (χ1v) is 8.53. The Labute approximate surface area is 151 Å². The Morgan fingerprint density at radius 2 is 1.17 bits per heavy atom. The fraction of sp³-hybridized carbons (Fsp3) is 0.714. The van der Waals surface area contributed by atoms with Gasteiger partial charge in [0.2, 0.25) is 5.91 Å². The van der Waals surface area contributed by atoms with Crippen molar-refractivity contribution in [1.29, 1.82) is 0 Å². The predicted molar refractivity (Wildman–Crippen MR) is 93.3 cm³/mol. The van der Waals surface area contributed by atoms with Crippen LogP contribution in [0, 0.1) is 0 Å². The van der Waals surface area contributed by atoms with Crippen molar-refractivity contribution in [2.24, 2.45) is 0 Å². The van der Waals surface area contributed by atoms with E-state index in [0.29, 0.717) is 10.0 Å². The summed E-state index contributed by atoms with van der Waals surface area (Å²) in [5.74, 6) is -1.61. The summed E-state index contributed by atoms with van der Waals surface area (Å²) < 4.78 is 10.3. The molecular formula is C14H24BBrN2O6. The average Bonchev–Trinajstić information content (AvgIpc) is 2.38. The average molecular weight is 407 g/mol. The van der Waals surface area contributed by atoms with Gasteiger partial charge in [-0.1, -0.05) is 15.9 Å². The van der Waals surface area contributed by atoms with Gasteiger partial charge in [-0.25, -0.2) is 9.59 Å². The first kappa shape index (κ1) is 22.4. The summed E-state index contributed by atoms with van der Waals surface area (Å²) in [5.41, 5.74) is -1.84. The lowest BCUT2D eigenvalue weighted by Crippen LogP contribution is -2.57. The van der Waals surface area contributed by atoms with Crippen LogP contribution in [-0.4, -0.2) is 58.4 Å². The highest BCUT2D eigenvalue weighted by molar-refractivity contribution is 9.09. The molecule has 0 spiro atoms. The molecule has 136 valence electrons. The van der Waals surface area contributed by atoms with Gasteiger partial charge in [-0.3, -0.25) is 9.59 Å². The van der Waals surface area contributed by atoms with Gasteiger partial charge in [0, 0.05) is 0 Å². The predicted octanol–water partition coefficient (Wildman–Crippen LogP) is 1.88. The molecule has 0 rings (SSSR count). The Morgan fingerprint density at radius 1 is 0.833 bits per heavy atom. The molecule has 4 amide bonds. The van der Waals surface area contributed by atoms with Gasteiger partial charge < -0.3 is 9.47 Å². The highest BCUT2D eigenvalue weighted by Gasteiger charge is 2.40. The minimum absolute atomic E-state index is 0.117. The van der Waals surface area contributed by atoms with Crippen molar-refractivity contribution >= 4 is 47.8 Å². The molecule has 0 aliphatic heterocycles. The van der Waals surface area contributed by atoms with Gasteiger partial charge in [-0.05, 0) is 47.9 Å². The topological polar surface area (TPSA) is 93.2 Å². The molecule has 0 aromatic rings. The van der Waals surface area contributed by atoms with Crippen molar-refractivity contribution in [3.05, 3.63) is 0 Å². The zero-order valence-electron chi connectivity index (χ0n) is 15.1. The Kier molecular flexibility index (Phi) is 7.94. The molecule has 0 aliphatic carbocycles. The van der Waals surface area contributed by atoms with E-state index in [1.807, 2.05) is 0 Å². The Hall–Kier alpha value is -1.58. The summed E-state index contributed by atoms with van der Waals surface area (Å²) in [4.78, 5) is 49.0. The van der Waals surface area contributed by atoms with E-state index >= 15 is 0 Å². The molecule has 24 heavy (non-hydrogen) atoms. The fourth-order valence-corrected chi connectivity index (χ4v) is 1.64.